The van der Waals surface area contributed by atoms with E-state index in [0.29, 0.717) is 26.2 Å². The fraction of sp³-hybridized carbons (Fsp3) is 0.316. The summed E-state index contributed by atoms with van der Waals surface area (Å²) in [6.07, 6.45) is 0.727. The molecule has 1 heterocycles. The maximum Gasteiger partial charge on any atom is 0.229 e. The summed E-state index contributed by atoms with van der Waals surface area (Å²) in [5.41, 5.74) is 7.92. The van der Waals surface area contributed by atoms with Crippen LogP contribution in [-0.4, -0.2) is 30.5 Å². The summed E-state index contributed by atoms with van der Waals surface area (Å²) < 4.78 is 5.76. The molecule has 2 aromatic carbocycles. The van der Waals surface area contributed by atoms with Gasteiger partial charge in [-0.05, 0) is 23.6 Å². The Kier molecular flexibility index (Phi) is 6.64. The second-order valence-corrected chi connectivity index (χ2v) is 5.85. The van der Waals surface area contributed by atoms with Crippen molar-refractivity contribution in [3.8, 4) is 5.75 Å². The maximum atomic E-state index is 12.9. The van der Waals surface area contributed by atoms with E-state index in [0.717, 1.165) is 23.3 Å². The fourth-order valence-electron chi connectivity index (χ4n) is 2.97. The summed E-state index contributed by atoms with van der Waals surface area (Å²) in [4.78, 5) is 14.7. The van der Waals surface area contributed by atoms with Crippen molar-refractivity contribution in [1.82, 2.24) is 4.90 Å². The van der Waals surface area contributed by atoms with Crippen LogP contribution in [0.1, 0.15) is 11.1 Å². The Morgan fingerprint density at radius 3 is 2.58 bits per heavy atom. The van der Waals surface area contributed by atoms with Crippen LogP contribution in [0, 0.1) is 5.92 Å². The van der Waals surface area contributed by atoms with Gasteiger partial charge < -0.3 is 15.4 Å². The van der Waals surface area contributed by atoms with Crippen LogP contribution in [0.4, 0.5) is 0 Å². The zero-order valence-corrected chi connectivity index (χ0v) is 14.4. The summed E-state index contributed by atoms with van der Waals surface area (Å²) in [5, 5.41) is 0. The Morgan fingerprint density at radius 1 is 1.12 bits per heavy atom. The molecule has 1 aliphatic heterocycles. The first-order valence-electron chi connectivity index (χ1n) is 8.01. The van der Waals surface area contributed by atoms with Crippen LogP contribution in [0.25, 0.3) is 0 Å². The minimum Gasteiger partial charge on any atom is -0.492 e. The molecule has 1 amide bonds. The largest absolute Gasteiger partial charge is 0.492 e. The van der Waals surface area contributed by atoms with Crippen LogP contribution < -0.4 is 10.5 Å². The van der Waals surface area contributed by atoms with E-state index in [2.05, 4.69) is 0 Å². The molecule has 3 rings (SSSR count). The van der Waals surface area contributed by atoms with E-state index >= 15 is 0 Å². The Labute approximate surface area is 149 Å². The molecule has 2 aromatic rings. The van der Waals surface area contributed by atoms with Gasteiger partial charge in [-0.15, -0.1) is 12.4 Å². The van der Waals surface area contributed by atoms with Gasteiger partial charge in [0.25, 0.3) is 0 Å². The van der Waals surface area contributed by atoms with E-state index in [-0.39, 0.29) is 24.2 Å². The molecule has 24 heavy (non-hydrogen) atoms. The molecule has 0 aromatic heterocycles. The van der Waals surface area contributed by atoms with Gasteiger partial charge in [0.15, 0.2) is 0 Å². The number of hydrogen-bond donors (Lipinski definition) is 1. The number of carbonyl (C=O) groups excluding carboxylic acids is 1. The lowest BCUT2D eigenvalue weighted by atomic mass is 9.95. The van der Waals surface area contributed by atoms with E-state index in [9.17, 15) is 4.79 Å². The zero-order chi connectivity index (χ0) is 16.1. The average Bonchev–Trinajstić information content (AvgIpc) is 2.61. The molecule has 128 valence electrons. The predicted molar refractivity (Wildman–Crippen MR) is 97.3 cm³/mol. The molecule has 1 aliphatic rings. The van der Waals surface area contributed by atoms with Gasteiger partial charge in [0, 0.05) is 19.6 Å². The summed E-state index contributed by atoms with van der Waals surface area (Å²) in [5.74, 6) is 0.874. The number of nitrogens with two attached hydrogens (primary N) is 1. The third-order valence-corrected chi connectivity index (χ3v) is 4.16. The Morgan fingerprint density at radius 2 is 1.83 bits per heavy atom. The minimum atomic E-state index is -0.139. The van der Waals surface area contributed by atoms with Crippen LogP contribution in [0.15, 0.2) is 54.6 Å². The van der Waals surface area contributed by atoms with E-state index in [1.807, 2.05) is 59.5 Å². The van der Waals surface area contributed by atoms with Gasteiger partial charge in [-0.1, -0.05) is 48.5 Å². The quantitative estimate of drug-likeness (QED) is 0.905. The molecule has 0 spiro atoms. The molecule has 0 fully saturated rings. The number of carbonyl (C=O) groups is 1. The molecule has 1 atom stereocenters. The number of rotatable bonds is 5. The first kappa shape index (κ1) is 18.3. The van der Waals surface area contributed by atoms with Crippen LogP contribution in [0.2, 0.25) is 0 Å². The van der Waals surface area contributed by atoms with Gasteiger partial charge in [-0.3, -0.25) is 4.79 Å². The van der Waals surface area contributed by atoms with Crippen LogP contribution >= 0.6 is 12.4 Å². The molecule has 4 nitrogen and oxygen atoms in total. The lowest BCUT2D eigenvalue weighted by molar-refractivity contribution is -0.137. The highest BCUT2D eigenvalue weighted by atomic mass is 35.5. The van der Waals surface area contributed by atoms with E-state index in [1.165, 1.54) is 0 Å². The lowest BCUT2D eigenvalue weighted by Crippen LogP contribution is -2.42. The summed E-state index contributed by atoms with van der Waals surface area (Å²) >= 11 is 0. The lowest BCUT2D eigenvalue weighted by Gasteiger charge is -2.30. The highest BCUT2D eigenvalue weighted by Crippen LogP contribution is 2.28. The summed E-state index contributed by atoms with van der Waals surface area (Å²) in [6.45, 7) is 2.05. The van der Waals surface area contributed by atoms with Gasteiger partial charge in [0.1, 0.15) is 12.4 Å². The first-order valence-corrected chi connectivity index (χ1v) is 8.01. The highest BCUT2D eigenvalue weighted by Gasteiger charge is 2.29. The number of ether oxygens (including phenoxy) is 1. The van der Waals surface area contributed by atoms with Gasteiger partial charge in [0.2, 0.25) is 5.91 Å². The number of halogens is 1. The third-order valence-electron chi connectivity index (χ3n) is 4.16. The number of nitrogens with zero attached hydrogens (tertiary/aromatic N) is 1. The molecular weight excluding hydrogens is 324 g/mol. The number of para-hydroxylation sites is 1. The average molecular weight is 347 g/mol. The van der Waals surface area contributed by atoms with Crippen molar-refractivity contribution in [1.29, 1.82) is 0 Å². The van der Waals surface area contributed by atoms with Crippen molar-refractivity contribution < 1.29 is 9.53 Å². The first-order chi connectivity index (χ1) is 11.3. The summed E-state index contributed by atoms with van der Waals surface area (Å²) in [6, 6.07) is 17.9. The molecule has 0 radical (unpaired) electrons. The molecule has 0 saturated heterocycles. The molecule has 0 bridgehead atoms. The second-order valence-electron chi connectivity index (χ2n) is 5.85. The zero-order valence-electron chi connectivity index (χ0n) is 13.6. The Hall–Kier alpha value is -2.04. The van der Waals surface area contributed by atoms with Crippen molar-refractivity contribution in [2.45, 2.75) is 13.0 Å². The number of benzene rings is 2. The van der Waals surface area contributed by atoms with Crippen molar-refractivity contribution in [2.75, 3.05) is 19.7 Å². The molecular formula is C19H23ClN2O2. The van der Waals surface area contributed by atoms with Crippen molar-refractivity contribution in [3.63, 3.8) is 0 Å². The van der Waals surface area contributed by atoms with Crippen molar-refractivity contribution in [2.24, 2.45) is 11.7 Å². The topological polar surface area (TPSA) is 55.6 Å². The standard InChI is InChI=1S/C19H22N2O2.ClH/c20-10-11-21(13-15-6-2-1-3-7-15)19(22)17-12-16-8-4-5-9-18(16)23-14-17;/h1-9,17H,10-14,20H2;1H. The monoisotopic (exact) mass is 346 g/mol. The van der Waals surface area contributed by atoms with Crippen molar-refractivity contribution >= 4 is 18.3 Å². The van der Waals surface area contributed by atoms with E-state index in [1.54, 1.807) is 0 Å². The molecule has 1 unspecified atom stereocenters. The van der Waals surface area contributed by atoms with Crippen LogP contribution in [0.3, 0.4) is 0 Å². The number of amides is 1. The van der Waals surface area contributed by atoms with Crippen LogP contribution in [0.5, 0.6) is 5.75 Å². The SMILES string of the molecule is Cl.NCCN(Cc1ccccc1)C(=O)C1COc2ccccc2C1. The molecule has 0 saturated carbocycles. The molecule has 2 N–H and O–H groups in total. The predicted octanol–water partition coefficient (Wildman–Crippen LogP) is 2.65. The smallest absolute Gasteiger partial charge is 0.229 e. The molecule has 5 heteroatoms. The molecule has 0 aliphatic carbocycles. The minimum absolute atomic E-state index is 0. The highest BCUT2D eigenvalue weighted by molar-refractivity contribution is 5.85. The second kappa shape index (κ2) is 8.71. The normalized spacial score (nSPS) is 15.6. The van der Waals surface area contributed by atoms with Crippen LogP contribution in [-0.2, 0) is 17.8 Å². The van der Waals surface area contributed by atoms with Gasteiger partial charge in [-0.25, -0.2) is 0 Å². The van der Waals surface area contributed by atoms with Gasteiger partial charge in [0.05, 0.1) is 5.92 Å². The fourth-order valence-corrected chi connectivity index (χ4v) is 2.97. The van der Waals surface area contributed by atoms with E-state index in [4.69, 9.17) is 10.5 Å². The number of hydrogen-bond acceptors (Lipinski definition) is 3. The Balaban J connectivity index is 0.00000208. The summed E-state index contributed by atoms with van der Waals surface area (Å²) in [7, 11) is 0. The van der Waals surface area contributed by atoms with E-state index < -0.39 is 0 Å². The Bertz CT molecular complexity index is 663. The maximum absolute atomic E-state index is 12.9. The third kappa shape index (κ3) is 4.28. The van der Waals surface area contributed by atoms with Crippen molar-refractivity contribution in [3.05, 3.63) is 65.7 Å². The van der Waals surface area contributed by atoms with Gasteiger partial charge >= 0.3 is 0 Å². The van der Waals surface area contributed by atoms with Gasteiger partial charge in [-0.2, -0.15) is 0 Å². The number of fused-ring (bicyclic) bond motifs is 1.